The van der Waals surface area contributed by atoms with Crippen molar-refractivity contribution in [3.05, 3.63) is 12.7 Å². The van der Waals surface area contributed by atoms with Gasteiger partial charge < -0.3 is 9.47 Å². The Morgan fingerprint density at radius 1 is 0.962 bits per heavy atom. The van der Waals surface area contributed by atoms with E-state index in [1.807, 2.05) is 13.8 Å². The third-order valence-electron chi connectivity index (χ3n) is 4.37. The second-order valence-electron chi connectivity index (χ2n) is 7.13. The van der Waals surface area contributed by atoms with Crippen LogP contribution in [0.3, 0.4) is 0 Å². The van der Waals surface area contributed by atoms with Crippen molar-refractivity contribution in [2.24, 2.45) is 5.92 Å². The summed E-state index contributed by atoms with van der Waals surface area (Å²) in [5.74, 6) is -0.399. The van der Waals surface area contributed by atoms with E-state index in [0.717, 1.165) is 12.8 Å². The molecule has 0 spiro atoms. The number of carbonyl (C=O) groups is 2. The standard InChI is InChI=1S/C21H39NO4/c1-6-8-10-11-12-13-14-15-17-25-20(23)19(18(3)4)22(5)21(24)26-16-9-7-2/h7,18-19H,2,6,8-17H2,1,3-5H3. The maximum absolute atomic E-state index is 12.4. The summed E-state index contributed by atoms with van der Waals surface area (Å²) >= 11 is 0. The average Bonchev–Trinajstić information content (AvgIpc) is 2.60. The molecule has 26 heavy (non-hydrogen) atoms. The van der Waals surface area contributed by atoms with Crippen LogP contribution in [0.15, 0.2) is 12.7 Å². The Bertz CT molecular complexity index is 395. The van der Waals surface area contributed by atoms with Gasteiger partial charge in [-0.25, -0.2) is 9.59 Å². The number of nitrogens with zero attached hydrogens (tertiary/aromatic N) is 1. The van der Waals surface area contributed by atoms with Crippen molar-refractivity contribution in [3.8, 4) is 0 Å². The van der Waals surface area contributed by atoms with Gasteiger partial charge in [0, 0.05) is 7.05 Å². The fourth-order valence-electron chi connectivity index (χ4n) is 2.82. The van der Waals surface area contributed by atoms with Gasteiger partial charge in [-0.2, -0.15) is 0 Å². The van der Waals surface area contributed by atoms with Crippen molar-refractivity contribution in [2.75, 3.05) is 20.3 Å². The third kappa shape index (κ3) is 11.2. The molecular weight excluding hydrogens is 330 g/mol. The molecule has 152 valence electrons. The molecule has 0 radical (unpaired) electrons. The van der Waals surface area contributed by atoms with E-state index in [1.165, 1.54) is 43.4 Å². The van der Waals surface area contributed by atoms with Crippen molar-refractivity contribution < 1.29 is 19.1 Å². The molecule has 0 aliphatic carbocycles. The van der Waals surface area contributed by atoms with Crippen LogP contribution in [0.4, 0.5) is 4.79 Å². The van der Waals surface area contributed by atoms with Crippen LogP contribution >= 0.6 is 0 Å². The first-order valence-electron chi connectivity index (χ1n) is 10.1. The number of amides is 1. The summed E-state index contributed by atoms with van der Waals surface area (Å²) in [6, 6.07) is -0.625. The molecule has 5 heteroatoms. The number of hydrogen-bond donors (Lipinski definition) is 0. The maximum atomic E-state index is 12.4. The lowest BCUT2D eigenvalue weighted by atomic mass is 10.0. The van der Waals surface area contributed by atoms with Crippen LogP contribution in [0.1, 0.15) is 78.6 Å². The highest BCUT2D eigenvalue weighted by Gasteiger charge is 2.31. The fraction of sp³-hybridized carbons (Fsp3) is 0.810. The van der Waals surface area contributed by atoms with Crippen LogP contribution < -0.4 is 0 Å². The fourth-order valence-corrected chi connectivity index (χ4v) is 2.82. The lowest BCUT2D eigenvalue weighted by molar-refractivity contribution is -0.150. The predicted molar refractivity (Wildman–Crippen MR) is 106 cm³/mol. The minimum atomic E-state index is -0.625. The maximum Gasteiger partial charge on any atom is 0.410 e. The zero-order chi connectivity index (χ0) is 19.8. The molecule has 0 saturated heterocycles. The molecule has 0 aromatic carbocycles. The van der Waals surface area contributed by atoms with Crippen LogP contribution in [-0.2, 0) is 14.3 Å². The Balaban J connectivity index is 4.11. The highest BCUT2D eigenvalue weighted by molar-refractivity contribution is 5.81. The zero-order valence-corrected chi connectivity index (χ0v) is 17.3. The van der Waals surface area contributed by atoms with E-state index in [4.69, 9.17) is 9.47 Å². The Kier molecular flexibility index (Phi) is 14.8. The molecular formula is C21H39NO4. The molecule has 1 atom stereocenters. The predicted octanol–water partition coefficient (Wildman–Crippen LogP) is 5.34. The molecule has 0 bridgehead atoms. The van der Waals surface area contributed by atoms with Gasteiger partial charge in [0.05, 0.1) is 13.2 Å². The second-order valence-corrected chi connectivity index (χ2v) is 7.13. The van der Waals surface area contributed by atoms with Gasteiger partial charge in [0.1, 0.15) is 6.04 Å². The summed E-state index contributed by atoms with van der Waals surface area (Å²) in [5.41, 5.74) is 0. The summed E-state index contributed by atoms with van der Waals surface area (Å²) in [7, 11) is 1.58. The van der Waals surface area contributed by atoms with Gasteiger partial charge in [-0.15, -0.1) is 6.58 Å². The Hall–Kier alpha value is -1.52. The van der Waals surface area contributed by atoms with Gasteiger partial charge in [-0.1, -0.05) is 71.8 Å². The molecule has 0 heterocycles. The van der Waals surface area contributed by atoms with Crippen LogP contribution in [0, 0.1) is 5.92 Å². The third-order valence-corrected chi connectivity index (χ3v) is 4.37. The lowest BCUT2D eigenvalue weighted by Crippen LogP contribution is -2.46. The SMILES string of the molecule is C=CCCOC(=O)N(C)C(C(=O)OCCCCCCCCCC)C(C)C. The van der Waals surface area contributed by atoms with E-state index in [2.05, 4.69) is 13.5 Å². The van der Waals surface area contributed by atoms with Gasteiger partial charge in [-0.3, -0.25) is 4.90 Å². The number of esters is 1. The summed E-state index contributed by atoms with van der Waals surface area (Å²) in [4.78, 5) is 25.8. The first kappa shape index (κ1) is 24.5. The molecule has 0 fully saturated rings. The first-order chi connectivity index (χ1) is 12.5. The van der Waals surface area contributed by atoms with E-state index < -0.39 is 12.1 Å². The largest absolute Gasteiger partial charge is 0.464 e. The monoisotopic (exact) mass is 369 g/mol. The minimum absolute atomic E-state index is 0.0435. The van der Waals surface area contributed by atoms with Crippen LogP contribution in [0.5, 0.6) is 0 Å². The quantitative estimate of drug-likeness (QED) is 0.222. The average molecular weight is 370 g/mol. The van der Waals surface area contributed by atoms with Gasteiger partial charge in [0.15, 0.2) is 0 Å². The van der Waals surface area contributed by atoms with Gasteiger partial charge in [0.25, 0.3) is 0 Å². The van der Waals surface area contributed by atoms with Crippen LogP contribution in [-0.4, -0.2) is 43.3 Å². The van der Waals surface area contributed by atoms with Crippen molar-refractivity contribution >= 4 is 12.1 Å². The molecule has 0 aromatic rings. The summed E-state index contributed by atoms with van der Waals surface area (Å²) in [5, 5.41) is 0. The highest BCUT2D eigenvalue weighted by Crippen LogP contribution is 2.14. The topological polar surface area (TPSA) is 55.8 Å². The second kappa shape index (κ2) is 15.7. The van der Waals surface area contributed by atoms with E-state index in [1.54, 1.807) is 13.1 Å². The molecule has 1 unspecified atom stereocenters. The van der Waals surface area contributed by atoms with E-state index in [0.29, 0.717) is 13.0 Å². The number of hydrogen-bond acceptors (Lipinski definition) is 4. The summed E-state index contributed by atoms with van der Waals surface area (Å²) < 4.78 is 10.5. The molecule has 0 rings (SSSR count). The van der Waals surface area contributed by atoms with E-state index in [9.17, 15) is 9.59 Å². The zero-order valence-electron chi connectivity index (χ0n) is 17.3. The Morgan fingerprint density at radius 3 is 2.08 bits per heavy atom. The van der Waals surface area contributed by atoms with Crippen LogP contribution in [0.2, 0.25) is 0 Å². The minimum Gasteiger partial charge on any atom is -0.464 e. The number of carbonyl (C=O) groups excluding carboxylic acids is 2. The molecule has 0 aromatic heterocycles. The Labute approximate surface area is 160 Å². The van der Waals surface area contributed by atoms with Gasteiger partial charge in [-0.05, 0) is 18.8 Å². The lowest BCUT2D eigenvalue weighted by Gasteiger charge is -2.28. The van der Waals surface area contributed by atoms with Crippen molar-refractivity contribution in [2.45, 2.75) is 84.6 Å². The summed E-state index contributed by atoms with van der Waals surface area (Å²) in [6.07, 6.45) is 11.4. The number of ether oxygens (including phenoxy) is 2. The smallest absolute Gasteiger partial charge is 0.410 e. The highest BCUT2D eigenvalue weighted by atomic mass is 16.6. The molecule has 5 nitrogen and oxygen atoms in total. The first-order valence-corrected chi connectivity index (χ1v) is 10.1. The van der Waals surface area contributed by atoms with E-state index >= 15 is 0 Å². The van der Waals surface area contributed by atoms with Gasteiger partial charge >= 0.3 is 12.1 Å². The van der Waals surface area contributed by atoms with Crippen molar-refractivity contribution in [3.63, 3.8) is 0 Å². The number of unbranched alkanes of at least 4 members (excludes halogenated alkanes) is 7. The van der Waals surface area contributed by atoms with E-state index in [-0.39, 0.29) is 18.5 Å². The normalized spacial score (nSPS) is 11.9. The van der Waals surface area contributed by atoms with Gasteiger partial charge in [0.2, 0.25) is 0 Å². The number of likely N-dealkylation sites (N-methyl/N-ethyl adjacent to an activating group) is 1. The summed E-state index contributed by atoms with van der Waals surface area (Å²) in [6.45, 7) is 10.3. The van der Waals surface area contributed by atoms with Crippen LogP contribution in [0.25, 0.3) is 0 Å². The molecule has 1 amide bonds. The molecule has 0 N–H and O–H groups in total. The van der Waals surface area contributed by atoms with Crippen molar-refractivity contribution in [1.82, 2.24) is 4.90 Å². The Morgan fingerprint density at radius 2 is 1.54 bits per heavy atom. The number of rotatable bonds is 15. The molecule has 0 aliphatic rings. The molecule has 0 saturated carbocycles. The van der Waals surface area contributed by atoms with Crippen molar-refractivity contribution in [1.29, 1.82) is 0 Å². The molecule has 0 aliphatic heterocycles.